The third kappa shape index (κ3) is 3.18. The summed E-state index contributed by atoms with van der Waals surface area (Å²) >= 11 is 0. The van der Waals surface area contributed by atoms with E-state index < -0.39 is 0 Å². The molecule has 2 aromatic heterocycles. The molecule has 0 bridgehead atoms. The predicted molar refractivity (Wildman–Crippen MR) is 101 cm³/mol. The Balaban J connectivity index is 1.55. The van der Waals surface area contributed by atoms with Gasteiger partial charge in [-0.3, -0.25) is 4.79 Å². The number of hydrogen-bond acceptors (Lipinski definition) is 6. The number of aryl methyl sites for hydroxylation is 1. The standard InChI is InChI=1S/C19H22N6O2/c1-13-14(2)22-19-20-12-21-25(19)18(13)24-8-7-23(17(26)11-24)10-15-5-4-6-16(9-15)27-3/h4-6,9,12H,7-8,10-11H2,1-3H3. The van der Waals surface area contributed by atoms with Crippen LogP contribution in [0.4, 0.5) is 5.82 Å². The summed E-state index contributed by atoms with van der Waals surface area (Å²) in [6, 6.07) is 7.83. The van der Waals surface area contributed by atoms with Crippen molar-refractivity contribution in [2.75, 3.05) is 31.6 Å². The molecule has 0 aliphatic carbocycles. The number of amides is 1. The molecular formula is C19H22N6O2. The van der Waals surface area contributed by atoms with Crippen LogP contribution >= 0.6 is 0 Å². The van der Waals surface area contributed by atoms with Crippen molar-refractivity contribution in [1.29, 1.82) is 0 Å². The minimum atomic E-state index is 0.0891. The van der Waals surface area contributed by atoms with E-state index >= 15 is 0 Å². The highest BCUT2D eigenvalue weighted by Crippen LogP contribution is 2.24. The van der Waals surface area contributed by atoms with Gasteiger partial charge in [-0.15, -0.1) is 0 Å². The molecule has 1 aliphatic heterocycles. The zero-order valence-electron chi connectivity index (χ0n) is 15.7. The summed E-state index contributed by atoms with van der Waals surface area (Å²) in [4.78, 5) is 25.4. The number of piperazine rings is 1. The molecule has 0 unspecified atom stereocenters. The first-order chi connectivity index (χ1) is 13.1. The highest BCUT2D eigenvalue weighted by Gasteiger charge is 2.27. The second-order valence-corrected chi connectivity index (χ2v) is 6.71. The number of nitrogens with zero attached hydrogens (tertiary/aromatic N) is 6. The van der Waals surface area contributed by atoms with Crippen molar-refractivity contribution in [2.24, 2.45) is 0 Å². The quantitative estimate of drug-likeness (QED) is 0.698. The first kappa shape index (κ1) is 17.3. The number of fused-ring (bicyclic) bond motifs is 1. The molecule has 3 heterocycles. The minimum Gasteiger partial charge on any atom is -0.497 e. The number of methoxy groups -OCH3 is 1. The molecule has 1 aliphatic rings. The van der Waals surface area contributed by atoms with Crippen LogP contribution in [0.2, 0.25) is 0 Å². The highest BCUT2D eigenvalue weighted by atomic mass is 16.5. The molecule has 0 N–H and O–H groups in total. The van der Waals surface area contributed by atoms with E-state index in [4.69, 9.17) is 4.74 Å². The van der Waals surface area contributed by atoms with E-state index in [2.05, 4.69) is 20.0 Å². The molecule has 0 spiro atoms. The van der Waals surface area contributed by atoms with Crippen LogP contribution in [-0.4, -0.2) is 57.1 Å². The summed E-state index contributed by atoms with van der Waals surface area (Å²) < 4.78 is 6.99. The Morgan fingerprint density at radius 1 is 1.22 bits per heavy atom. The zero-order chi connectivity index (χ0) is 19.0. The average Bonchev–Trinajstić information content (AvgIpc) is 3.12. The van der Waals surface area contributed by atoms with Gasteiger partial charge >= 0.3 is 0 Å². The lowest BCUT2D eigenvalue weighted by Crippen LogP contribution is -2.50. The summed E-state index contributed by atoms with van der Waals surface area (Å²) in [5.74, 6) is 2.34. The van der Waals surface area contributed by atoms with Gasteiger partial charge in [-0.1, -0.05) is 12.1 Å². The SMILES string of the molecule is COc1cccc(CN2CCN(c3c(C)c(C)nc4ncnn34)CC2=O)c1. The smallest absolute Gasteiger partial charge is 0.254 e. The van der Waals surface area contributed by atoms with Crippen LogP contribution in [0.3, 0.4) is 0 Å². The fraction of sp³-hybridized carbons (Fsp3) is 0.368. The summed E-state index contributed by atoms with van der Waals surface area (Å²) in [5, 5.41) is 4.29. The summed E-state index contributed by atoms with van der Waals surface area (Å²) in [6.45, 7) is 6.22. The Bertz CT molecular complexity index is 999. The van der Waals surface area contributed by atoms with Crippen LogP contribution in [0.25, 0.3) is 5.78 Å². The van der Waals surface area contributed by atoms with Gasteiger partial charge in [-0.25, -0.2) is 4.98 Å². The monoisotopic (exact) mass is 366 g/mol. The van der Waals surface area contributed by atoms with Crippen molar-refractivity contribution >= 4 is 17.5 Å². The molecule has 27 heavy (non-hydrogen) atoms. The van der Waals surface area contributed by atoms with Crippen LogP contribution in [0.1, 0.15) is 16.8 Å². The molecule has 8 heteroatoms. The molecule has 1 saturated heterocycles. The molecule has 1 amide bonds. The van der Waals surface area contributed by atoms with Crippen molar-refractivity contribution in [2.45, 2.75) is 20.4 Å². The first-order valence-corrected chi connectivity index (χ1v) is 8.89. The van der Waals surface area contributed by atoms with E-state index in [1.54, 1.807) is 11.6 Å². The molecule has 8 nitrogen and oxygen atoms in total. The topological polar surface area (TPSA) is 75.9 Å². The molecule has 1 aromatic carbocycles. The van der Waals surface area contributed by atoms with Gasteiger partial charge in [-0.05, 0) is 31.5 Å². The maximum atomic E-state index is 12.8. The molecule has 0 radical (unpaired) electrons. The van der Waals surface area contributed by atoms with Crippen LogP contribution in [-0.2, 0) is 11.3 Å². The zero-order valence-corrected chi connectivity index (χ0v) is 15.7. The number of carbonyl (C=O) groups excluding carboxylic acids is 1. The number of hydrogen-bond donors (Lipinski definition) is 0. The second-order valence-electron chi connectivity index (χ2n) is 6.71. The lowest BCUT2D eigenvalue weighted by molar-refractivity contribution is -0.131. The Kier molecular flexibility index (Phi) is 4.39. The first-order valence-electron chi connectivity index (χ1n) is 8.89. The van der Waals surface area contributed by atoms with Gasteiger partial charge in [-0.2, -0.15) is 14.6 Å². The Labute approximate surface area is 157 Å². The molecule has 4 rings (SSSR count). The number of anilines is 1. The fourth-order valence-electron chi connectivity index (χ4n) is 3.43. The van der Waals surface area contributed by atoms with Gasteiger partial charge in [0.05, 0.1) is 13.7 Å². The van der Waals surface area contributed by atoms with Crippen molar-refractivity contribution < 1.29 is 9.53 Å². The van der Waals surface area contributed by atoms with E-state index in [-0.39, 0.29) is 5.91 Å². The lowest BCUT2D eigenvalue weighted by Gasteiger charge is -2.36. The van der Waals surface area contributed by atoms with Crippen LogP contribution in [0.5, 0.6) is 5.75 Å². The van der Waals surface area contributed by atoms with Gasteiger partial charge in [0.25, 0.3) is 5.78 Å². The van der Waals surface area contributed by atoms with Crippen LogP contribution < -0.4 is 9.64 Å². The lowest BCUT2D eigenvalue weighted by atomic mass is 10.1. The number of benzene rings is 1. The Morgan fingerprint density at radius 2 is 2.07 bits per heavy atom. The van der Waals surface area contributed by atoms with Gasteiger partial charge < -0.3 is 14.5 Å². The van der Waals surface area contributed by atoms with E-state index in [1.165, 1.54) is 6.33 Å². The average molecular weight is 366 g/mol. The fourth-order valence-corrected chi connectivity index (χ4v) is 3.43. The van der Waals surface area contributed by atoms with Gasteiger partial charge in [0, 0.05) is 30.9 Å². The van der Waals surface area contributed by atoms with Crippen LogP contribution in [0, 0.1) is 13.8 Å². The number of ether oxygens (including phenoxy) is 1. The maximum Gasteiger partial charge on any atom is 0.254 e. The largest absolute Gasteiger partial charge is 0.497 e. The summed E-state index contributed by atoms with van der Waals surface area (Å²) in [7, 11) is 1.65. The number of aromatic nitrogens is 4. The van der Waals surface area contributed by atoms with E-state index in [1.807, 2.05) is 43.0 Å². The van der Waals surface area contributed by atoms with Crippen molar-refractivity contribution in [3.05, 3.63) is 47.4 Å². The molecule has 1 fully saturated rings. The second kappa shape index (κ2) is 6.86. The third-order valence-electron chi connectivity index (χ3n) is 5.00. The van der Waals surface area contributed by atoms with E-state index in [0.29, 0.717) is 25.4 Å². The van der Waals surface area contributed by atoms with Crippen molar-refractivity contribution in [3.63, 3.8) is 0 Å². The summed E-state index contributed by atoms with van der Waals surface area (Å²) in [5.41, 5.74) is 2.98. The maximum absolute atomic E-state index is 12.8. The van der Waals surface area contributed by atoms with E-state index in [9.17, 15) is 4.79 Å². The normalized spacial score (nSPS) is 14.9. The predicted octanol–water partition coefficient (Wildman–Crippen LogP) is 1.60. The van der Waals surface area contributed by atoms with Crippen LogP contribution in [0.15, 0.2) is 30.6 Å². The van der Waals surface area contributed by atoms with Crippen molar-refractivity contribution in [3.8, 4) is 5.75 Å². The molecule has 0 atom stereocenters. The van der Waals surface area contributed by atoms with Crippen molar-refractivity contribution in [1.82, 2.24) is 24.5 Å². The highest BCUT2D eigenvalue weighted by molar-refractivity contribution is 5.83. The Hall–Kier alpha value is -3.16. The van der Waals surface area contributed by atoms with Gasteiger partial charge in [0.2, 0.25) is 5.91 Å². The van der Waals surface area contributed by atoms with Gasteiger partial charge in [0.15, 0.2) is 0 Å². The molecular weight excluding hydrogens is 344 g/mol. The van der Waals surface area contributed by atoms with Gasteiger partial charge in [0.1, 0.15) is 17.9 Å². The number of rotatable bonds is 4. The third-order valence-corrected chi connectivity index (χ3v) is 5.00. The number of carbonyl (C=O) groups is 1. The molecule has 3 aromatic rings. The minimum absolute atomic E-state index is 0.0891. The van der Waals surface area contributed by atoms with E-state index in [0.717, 1.165) is 34.9 Å². The molecule has 0 saturated carbocycles. The molecule has 140 valence electrons. The summed E-state index contributed by atoms with van der Waals surface area (Å²) in [6.07, 6.45) is 1.49. The Morgan fingerprint density at radius 3 is 2.85 bits per heavy atom.